The van der Waals surface area contributed by atoms with E-state index in [9.17, 15) is 13.2 Å². The number of ether oxygens (including phenoxy) is 1. The van der Waals surface area contributed by atoms with Crippen molar-refractivity contribution in [3.63, 3.8) is 0 Å². The van der Waals surface area contributed by atoms with Gasteiger partial charge in [0.1, 0.15) is 0 Å². The van der Waals surface area contributed by atoms with Gasteiger partial charge in [0.15, 0.2) is 0 Å². The Morgan fingerprint density at radius 3 is 2.41 bits per heavy atom. The molecule has 2 N–H and O–H groups in total. The number of carbonyl (C=O) groups excluding carboxylic acids is 1. The molecule has 0 radical (unpaired) electrons. The van der Waals surface area contributed by atoms with Crippen LogP contribution >= 0.6 is 27.7 Å². The van der Waals surface area contributed by atoms with E-state index in [1.54, 1.807) is 6.07 Å². The normalized spacial score (nSPS) is 11.2. The van der Waals surface area contributed by atoms with Crippen LogP contribution in [0.25, 0.3) is 0 Å². The molecule has 2 aromatic carbocycles. The van der Waals surface area contributed by atoms with Crippen molar-refractivity contribution < 1.29 is 17.9 Å². The lowest BCUT2D eigenvalue weighted by atomic mass is 10.2. The van der Waals surface area contributed by atoms with E-state index in [2.05, 4.69) is 15.9 Å². The van der Waals surface area contributed by atoms with E-state index in [0.717, 1.165) is 4.90 Å². The molecule has 0 saturated carbocycles. The third-order valence-corrected chi connectivity index (χ3v) is 5.65. The smallest absolute Gasteiger partial charge is 0.339 e. The number of hydrogen-bond acceptors (Lipinski definition) is 5. The molecule has 0 heterocycles. The third kappa shape index (κ3) is 3.89. The minimum absolute atomic E-state index is 0.142. The van der Waals surface area contributed by atoms with Crippen LogP contribution in [0, 0.1) is 0 Å². The number of rotatable bonds is 4. The number of methoxy groups -OCH3 is 1. The Morgan fingerprint density at radius 2 is 1.86 bits per heavy atom. The molecule has 0 spiro atoms. The van der Waals surface area contributed by atoms with Crippen LogP contribution in [0.4, 0.5) is 0 Å². The van der Waals surface area contributed by atoms with Gasteiger partial charge in [-0.25, -0.2) is 18.4 Å². The van der Waals surface area contributed by atoms with Crippen LogP contribution in [0.1, 0.15) is 10.4 Å². The fourth-order valence-electron chi connectivity index (χ4n) is 1.72. The number of carbonyl (C=O) groups is 1. The standard InChI is InChI=1S/C14H12BrNO4S2/c1-20-14(17)10-7-13(22(16,18)19)11(15)8-12(10)21-9-5-3-2-4-6-9/h2-8H,1H3,(H2,16,18,19). The predicted molar refractivity (Wildman–Crippen MR) is 87.4 cm³/mol. The van der Waals surface area contributed by atoms with Crippen LogP contribution in [-0.2, 0) is 14.8 Å². The minimum atomic E-state index is -3.95. The highest BCUT2D eigenvalue weighted by Crippen LogP contribution is 2.35. The van der Waals surface area contributed by atoms with Crippen molar-refractivity contribution in [3.05, 3.63) is 52.5 Å². The molecule has 0 atom stereocenters. The van der Waals surface area contributed by atoms with Crippen LogP contribution < -0.4 is 5.14 Å². The van der Waals surface area contributed by atoms with Gasteiger partial charge < -0.3 is 4.74 Å². The number of primary sulfonamides is 1. The first-order chi connectivity index (χ1) is 10.3. The number of benzene rings is 2. The molecule has 0 amide bonds. The quantitative estimate of drug-likeness (QED) is 0.795. The second-order valence-corrected chi connectivity index (χ2v) is 7.73. The molecule has 0 saturated heterocycles. The number of nitrogens with two attached hydrogens (primary N) is 1. The molecule has 0 aliphatic heterocycles. The van der Waals surface area contributed by atoms with Crippen LogP contribution in [-0.4, -0.2) is 21.5 Å². The van der Waals surface area contributed by atoms with Gasteiger partial charge in [-0.05, 0) is 40.2 Å². The molecular formula is C14H12BrNO4S2. The first kappa shape index (κ1) is 17.0. The van der Waals surface area contributed by atoms with E-state index in [1.807, 2.05) is 30.3 Å². The largest absolute Gasteiger partial charge is 0.465 e. The van der Waals surface area contributed by atoms with Crippen LogP contribution in [0.3, 0.4) is 0 Å². The van der Waals surface area contributed by atoms with Crippen molar-refractivity contribution in [2.45, 2.75) is 14.7 Å². The first-order valence-electron chi connectivity index (χ1n) is 6.00. The van der Waals surface area contributed by atoms with Gasteiger partial charge in [-0.15, -0.1) is 0 Å². The highest BCUT2D eigenvalue weighted by atomic mass is 79.9. The predicted octanol–water partition coefficient (Wildman–Crippen LogP) is 3.03. The molecule has 0 bridgehead atoms. The Hall–Kier alpha value is -1.35. The number of halogens is 1. The average Bonchev–Trinajstić information content (AvgIpc) is 2.46. The van der Waals surface area contributed by atoms with Gasteiger partial charge in [0, 0.05) is 14.3 Å². The SMILES string of the molecule is COC(=O)c1cc(S(N)(=O)=O)c(Br)cc1Sc1ccccc1. The van der Waals surface area contributed by atoms with Crippen molar-refractivity contribution in [2.24, 2.45) is 5.14 Å². The molecule has 0 aliphatic rings. The summed E-state index contributed by atoms with van der Waals surface area (Å²) in [5, 5.41) is 5.15. The zero-order chi connectivity index (χ0) is 16.3. The zero-order valence-electron chi connectivity index (χ0n) is 11.4. The molecule has 0 aromatic heterocycles. The maximum absolute atomic E-state index is 11.9. The summed E-state index contributed by atoms with van der Waals surface area (Å²) in [4.78, 5) is 13.2. The summed E-state index contributed by atoms with van der Waals surface area (Å²) in [6, 6.07) is 12.1. The fourth-order valence-corrected chi connectivity index (χ4v) is 4.48. The maximum Gasteiger partial charge on any atom is 0.339 e. The van der Waals surface area contributed by atoms with Gasteiger partial charge in [-0.3, -0.25) is 0 Å². The topological polar surface area (TPSA) is 86.5 Å². The van der Waals surface area contributed by atoms with E-state index in [1.165, 1.54) is 24.9 Å². The molecule has 0 unspecified atom stereocenters. The monoisotopic (exact) mass is 401 g/mol. The number of sulfonamides is 1. The van der Waals surface area contributed by atoms with Crippen molar-refractivity contribution in [2.75, 3.05) is 7.11 Å². The molecule has 2 aromatic rings. The van der Waals surface area contributed by atoms with Gasteiger partial charge in [-0.2, -0.15) is 0 Å². The van der Waals surface area contributed by atoms with Gasteiger partial charge in [0.05, 0.1) is 17.6 Å². The fraction of sp³-hybridized carbons (Fsp3) is 0.0714. The van der Waals surface area contributed by atoms with Crippen LogP contribution in [0.15, 0.2) is 61.6 Å². The molecule has 8 heteroatoms. The Morgan fingerprint density at radius 1 is 1.23 bits per heavy atom. The number of esters is 1. The van der Waals surface area contributed by atoms with Crippen molar-refractivity contribution >= 4 is 43.7 Å². The minimum Gasteiger partial charge on any atom is -0.465 e. The van der Waals surface area contributed by atoms with Gasteiger partial charge in [0.25, 0.3) is 0 Å². The summed E-state index contributed by atoms with van der Waals surface area (Å²) in [7, 11) is -2.72. The maximum atomic E-state index is 11.9. The zero-order valence-corrected chi connectivity index (χ0v) is 14.7. The third-order valence-electron chi connectivity index (χ3n) is 2.72. The van der Waals surface area contributed by atoms with Gasteiger partial charge in [0.2, 0.25) is 10.0 Å². The molecular weight excluding hydrogens is 390 g/mol. The lowest BCUT2D eigenvalue weighted by Gasteiger charge is -2.11. The Labute approximate surface area is 141 Å². The molecule has 2 rings (SSSR count). The van der Waals surface area contributed by atoms with E-state index < -0.39 is 16.0 Å². The molecule has 116 valence electrons. The Bertz CT molecular complexity index is 807. The van der Waals surface area contributed by atoms with E-state index in [-0.39, 0.29) is 10.5 Å². The summed E-state index contributed by atoms with van der Waals surface area (Å²) in [6.45, 7) is 0. The highest BCUT2D eigenvalue weighted by molar-refractivity contribution is 9.10. The molecule has 0 aliphatic carbocycles. The van der Waals surface area contributed by atoms with Crippen LogP contribution in [0.5, 0.6) is 0 Å². The summed E-state index contributed by atoms with van der Waals surface area (Å²) in [5.41, 5.74) is 0.142. The summed E-state index contributed by atoms with van der Waals surface area (Å²) >= 11 is 4.50. The molecule has 0 fully saturated rings. The Kier molecular flexibility index (Phi) is 5.28. The van der Waals surface area contributed by atoms with Crippen molar-refractivity contribution in [1.29, 1.82) is 0 Å². The van der Waals surface area contributed by atoms with E-state index >= 15 is 0 Å². The second kappa shape index (κ2) is 6.82. The van der Waals surface area contributed by atoms with E-state index in [4.69, 9.17) is 9.88 Å². The molecule has 22 heavy (non-hydrogen) atoms. The average molecular weight is 402 g/mol. The molecule has 5 nitrogen and oxygen atoms in total. The van der Waals surface area contributed by atoms with Crippen molar-refractivity contribution in [3.8, 4) is 0 Å². The van der Waals surface area contributed by atoms with Crippen LogP contribution in [0.2, 0.25) is 0 Å². The second-order valence-electron chi connectivity index (χ2n) is 4.23. The van der Waals surface area contributed by atoms with E-state index in [0.29, 0.717) is 9.37 Å². The highest BCUT2D eigenvalue weighted by Gasteiger charge is 2.21. The first-order valence-corrected chi connectivity index (χ1v) is 9.16. The Balaban J connectivity index is 2.58. The van der Waals surface area contributed by atoms with Gasteiger partial charge >= 0.3 is 5.97 Å². The lowest BCUT2D eigenvalue weighted by molar-refractivity contribution is 0.0596. The summed E-state index contributed by atoms with van der Waals surface area (Å²) < 4.78 is 28.2. The van der Waals surface area contributed by atoms with Gasteiger partial charge in [-0.1, -0.05) is 30.0 Å². The summed E-state index contributed by atoms with van der Waals surface area (Å²) in [6.07, 6.45) is 0. The number of hydrogen-bond donors (Lipinski definition) is 1. The summed E-state index contributed by atoms with van der Waals surface area (Å²) in [5.74, 6) is -0.629. The lowest BCUT2D eigenvalue weighted by Crippen LogP contribution is -2.15. The van der Waals surface area contributed by atoms with Crippen molar-refractivity contribution in [1.82, 2.24) is 0 Å².